The molecule has 0 atom stereocenters. The summed E-state index contributed by atoms with van der Waals surface area (Å²) in [4.78, 5) is 12.2. The zero-order chi connectivity index (χ0) is 18.3. The van der Waals surface area contributed by atoms with Crippen LogP contribution in [0.5, 0.6) is 0 Å². The Balaban J connectivity index is 2.90. The first kappa shape index (κ1) is 20.1. The zero-order valence-electron chi connectivity index (χ0n) is 14.0. The second-order valence-electron chi connectivity index (χ2n) is 5.31. The SMILES string of the molecule is CCC(C)=C(NCc1ccc(Cl)c(Cl)c1)NC(=O)/C(N)=C(\C)C=N. The highest BCUT2D eigenvalue weighted by Crippen LogP contribution is 2.22. The minimum Gasteiger partial charge on any atom is -0.394 e. The van der Waals surface area contributed by atoms with Crippen molar-refractivity contribution in [2.45, 2.75) is 33.7 Å². The van der Waals surface area contributed by atoms with E-state index < -0.39 is 5.91 Å². The summed E-state index contributed by atoms with van der Waals surface area (Å²) in [5.74, 6) is 0.148. The molecule has 0 spiro atoms. The second-order valence-corrected chi connectivity index (χ2v) is 6.12. The van der Waals surface area contributed by atoms with Crippen LogP contribution in [0.2, 0.25) is 10.0 Å². The predicted octanol–water partition coefficient (Wildman–Crippen LogP) is 3.72. The van der Waals surface area contributed by atoms with E-state index >= 15 is 0 Å². The summed E-state index contributed by atoms with van der Waals surface area (Å²) < 4.78 is 0. The molecule has 0 aromatic heterocycles. The van der Waals surface area contributed by atoms with Gasteiger partial charge >= 0.3 is 0 Å². The minimum absolute atomic E-state index is 0.0164. The van der Waals surface area contributed by atoms with Gasteiger partial charge in [0.2, 0.25) is 0 Å². The molecule has 0 radical (unpaired) electrons. The van der Waals surface area contributed by atoms with Crippen LogP contribution < -0.4 is 16.4 Å². The van der Waals surface area contributed by atoms with E-state index in [9.17, 15) is 4.79 Å². The molecule has 0 aliphatic heterocycles. The van der Waals surface area contributed by atoms with Crippen molar-refractivity contribution in [3.8, 4) is 0 Å². The van der Waals surface area contributed by atoms with Crippen LogP contribution in [-0.4, -0.2) is 12.1 Å². The lowest BCUT2D eigenvalue weighted by molar-refractivity contribution is -0.117. The molecule has 0 saturated heterocycles. The van der Waals surface area contributed by atoms with Crippen molar-refractivity contribution >= 4 is 35.3 Å². The average molecular weight is 369 g/mol. The van der Waals surface area contributed by atoms with Crippen molar-refractivity contribution in [1.29, 1.82) is 5.41 Å². The second kappa shape index (κ2) is 9.35. The maximum Gasteiger partial charge on any atom is 0.272 e. The van der Waals surface area contributed by atoms with Gasteiger partial charge in [0.1, 0.15) is 11.5 Å². The number of benzene rings is 1. The van der Waals surface area contributed by atoms with Gasteiger partial charge in [0, 0.05) is 12.8 Å². The van der Waals surface area contributed by atoms with Gasteiger partial charge in [-0.3, -0.25) is 4.79 Å². The van der Waals surface area contributed by atoms with Crippen LogP contribution in [0.15, 0.2) is 40.9 Å². The van der Waals surface area contributed by atoms with Crippen molar-refractivity contribution in [2.75, 3.05) is 0 Å². The highest BCUT2D eigenvalue weighted by molar-refractivity contribution is 6.42. The van der Waals surface area contributed by atoms with Crippen LogP contribution in [0.25, 0.3) is 0 Å². The van der Waals surface area contributed by atoms with Gasteiger partial charge in [-0.25, -0.2) is 0 Å². The number of nitrogens with two attached hydrogens (primary N) is 1. The number of allylic oxidation sites excluding steroid dienone is 2. The van der Waals surface area contributed by atoms with E-state index in [1.807, 2.05) is 19.9 Å². The largest absolute Gasteiger partial charge is 0.394 e. The lowest BCUT2D eigenvalue weighted by atomic mass is 10.2. The molecule has 0 heterocycles. The number of carbonyl (C=O) groups is 1. The molecule has 130 valence electrons. The molecule has 5 nitrogen and oxygen atoms in total. The lowest BCUT2D eigenvalue weighted by Crippen LogP contribution is -2.35. The highest BCUT2D eigenvalue weighted by atomic mass is 35.5. The van der Waals surface area contributed by atoms with Crippen molar-refractivity contribution < 1.29 is 4.79 Å². The first-order valence-corrected chi connectivity index (χ1v) is 8.21. The van der Waals surface area contributed by atoms with E-state index in [2.05, 4.69) is 10.6 Å². The maximum atomic E-state index is 12.2. The van der Waals surface area contributed by atoms with Crippen LogP contribution in [0, 0.1) is 5.41 Å². The molecule has 7 heteroatoms. The first-order chi connectivity index (χ1) is 11.3. The molecule has 5 N–H and O–H groups in total. The number of rotatable bonds is 7. The summed E-state index contributed by atoms with van der Waals surface area (Å²) >= 11 is 11.9. The van der Waals surface area contributed by atoms with Crippen LogP contribution in [0.4, 0.5) is 0 Å². The predicted molar refractivity (Wildman–Crippen MR) is 100 cm³/mol. The third-order valence-corrected chi connectivity index (χ3v) is 4.27. The van der Waals surface area contributed by atoms with Gasteiger partial charge in [-0.1, -0.05) is 36.2 Å². The molecule has 0 aliphatic rings. The van der Waals surface area contributed by atoms with Crippen LogP contribution in [0.1, 0.15) is 32.8 Å². The summed E-state index contributed by atoms with van der Waals surface area (Å²) in [6, 6.07) is 5.35. The Morgan fingerprint density at radius 1 is 1.29 bits per heavy atom. The number of amides is 1. The van der Waals surface area contributed by atoms with Gasteiger partial charge in [-0.2, -0.15) is 0 Å². The number of halogens is 2. The molecule has 0 saturated carbocycles. The third-order valence-electron chi connectivity index (χ3n) is 3.53. The minimum atomic E-state index is -0.444. The van der Waals surface area contributed by atoms with Gasteiger partial charge in [-0.05, 0) is 49.1 Å². The average Bonchev–Trinajstić information content (AvgIpc) is 2.58. The fourth-order valence-electron chi connectivity index (χ4n) is 1.76. The Hall–Kier alpha value is -1.98. The molecule has 0 unspecified atom stereocenters. The molecular weight excluding hydrogens is 347 g/mol. The quantitative estimate of drug-likeness (QED) is 0.436. The van der Waals surface area contributed by atoms with E-state index in [0.717, 1.165) is 23.8 Å². The summed E-state index contributed by atoms with van der Waals surface area (Å²) in [7, 11) is 0. The molecule has 0 bridgehead atoms. The Kier molecular flexibility index (Phi) is 7.82. The number of carbonyl (C=O) groups excluding carboxylic acids is 1. The standard InChI is InChI=1S/C17H22Cl2N4O/c1-4-10(2)16(23-17(24)15(21)11(3)8-20)22-9-12-5-6-13(18)14(19)7-12/h5-8,20,22H,4,9,21H2,1-3H3,(H,23,24)/b15-11-,16-10?,20-8?. The third kappa shape index (κ3) is 5.58. The molecule has 0 fully saturated rings. The van der Waals surface area contributed by atoms with Gasteiger partial charge in [0.05, 0.1) is 10.0 Å². The van der Waals surface area contributed by atoms with Crippen molar-refractivity contribution in [1.82, 2.24) is 10.6 Å². The molecule has 0 aliphatic carbocycles. The smallest absolute Gasteiger partial charge is 0.272 e. The van der Waals surface area contributed by atoms with Crippen molar-refractivity contribution in [3.63, 3.8) is 0 Å². The summed E-state index contributed by atoms with van der Waals surface area (Å²) in [5.41, 5.74) is 8.07. The van der Waals surface area contributed by atoms with E-state index in [4.69, 9.17) is 34.3 Å². The molecular formula is C17H22Cl2N4O. The fourth-order valence-corrected chi connectivity index (χ4v) is 2.08. The van der Waals surface area contributed by atoms with E-state index in [1.54, 1.807) is 19.1 Å². The summed E-state index contributed by atoms with van der Waals surface area (Å²) in [6.07, 6.45) is 1.81. The monoisotopic (exact) mass is 368 g/mol. The number of nitrogens with one attached hydrogen (secondary N) is 3. The molecule has 1 aromatic carbocycles. The highest BCUT2D eigenvalue weighted by Gasteiger charge is 2.12. The maximum absolute atomic E-state index is 12.2. The molecule has 1 rings (SSSR count). The fraction of sp³-hybridized carbons (Fsp3) is 0.294. The topological polar surface area (TPSA) is 91.0 Å². The normalized spacial score (nSPS) is 12.9. The van der Waals surface area contributed by atoms with Crippen molar-refractivity contribution in [2.24, 2.45) is 5.73 Å². The Morgan fingerprint density at radius 3 is 2.50 bits per heavy atom. The zero-order valence-corrected chi connectivity index (χ0v) is 15.5. The van der Waals surface area contributed by atoms with E-state index in [-0.39, 0.29) is 5.70 Å². The van der Waals surface area contributed by atoms with E-state index in [1.165, 1.54) is 0 Å². The Morgan fingerprint density at radius 2 is 1.96 bits per heavy atom. The van der Waals surface area contributed by atoms with Gasteiger partial charge < -0.3 is 21.8 Å². The van der Waals surface area contributed by atoms with Gasteiger partial charge in [0.15, 0.2) is 0 Å². The number of hydrogen-bond donors (Lipinski definition) is 4. The first-order valence-electron chi connectivity index (χ1n) is 7.45. The molecule has 1 amide bonds. The van der Waals surface area contributed by atoms with Crippen molar-refractivity contribution in [3.05, 3.63) is 56.5 Å². The number of hydrogen-bond acceptors (Lipinski definition) is 4. The van der Waals surface area contributed by atoms with Crippen LogP contribution in [-0.2, 0) is 11.3 Å². The summed E-state index contributed by atoms with van der Waals surface area (Å²) in [6.45, 7) is 5.99. The van der Waals surface area contributed by atoms with E-state index in [0.29, 0.717) is 28.0 Å². The molecule has 1 aromatic rings. The van der Waals surface area contributed by atoms with Gasteiger partial charge in [0.25, 0.3) is 5.91 Å². The lowest BCUT2D eigenvalue weighted by Gasteiger charge is -2.16. The molecule has 24 heavy (non-hydrogen) atoms. The van der Waals surface area contributed by atoms with Gasteiger partial charge in [-0.15, -0.1) is 0 Å². The van der Waals surface area contributed by atoms with Crippen LogP contribution >= 0.6 is 23.2 Å². The van der Waals surface area contributed by atoms with Crippen LogP contribution in [0.3, 0.4) is 0 Å². The Bertz CT molecular complexity index is 696. The summed E-state index contributed by atoms with van der Waals surface area (Å²) in [5, 5.41) is 14.1. The Labute approximate surface area is 152 Å².